The summed E-state index contributed by atoms with van der Waals surface area (Å²) < 4.78 is 0. The molecule has 0 fully saturated rings. The molecule has 0 aromatic carbocycles. The van der Waals surface area contributed by atoms with Gasteiger partial charge >= 0.3 is 0 Å². The van der Waals surface area contributed by atoms with Crippen LogP contribution in [0.2, 0.25) is 0 Å². The molecule has 0 amide bonds. The van der Waals surface area contributed by atoms with Crippen LogP contribution in [0.3, 0.4) is 0 Å². The molecule has 0 atom stereocenters. The van der Waals surface area contributed by atoms with Gasteiger partial charge in [0.25, 0.3) is 0 Å². The molecule has 0 rings (SSSR count). The van der Waals surface area contributed by atoms with Crippen LogP contribution >= 0.6 is 15.8 Å². The van der Waals surface area contributed by atoms with Crippen LogP contribution in [0.4, 0.5) is 0 Å². The first kappa shape index (κ1) is 45.0. The average molecular weight is 681 g/mol. The van der Waals surface area contributed by atoms with Gasteiger partial charge in [-0.15, -0.1) is 15.8 Å². The fourth-order valence-corrected chi connectivity index (χ4v) is 10.6. The van der Waals surface area contributed by atoms with Crippen LogP contribution in [-0.2, 0) is 22.4 Å². The number of hydrogen-bond donors (Lipinski definition) is 0. The molecule has 0 nitrogen and oxygen atoms in total. The Kier molecular flexibility index (Phi) is 48.2. The van der Waals surface area contributed by atoms with Gasteiger partial charge in [-0.2, -0.15) is 0 Å². The molecule has 0 unspecified atom stereocenters. The van der Waals surface area contributed by atoms with Crippen molar-refractivity contribution in [3.63, 3.8) is 0 Å². The van der Waals surface area contributed by atoms with E-state index in [1.165, 1.54) is 154 Å². The first-order chi connectivity index (χ1) is 18.7. The maximum atomic E-state index is 2.32. The van der Waals surface area contributed by atoms with Gasteiger partial charge in [0.05, 0.1) is 0 Å². The molecular weight excluding hydrogens is 602 g/mol. The summed E-state index contributed by atoms with van der Waals surface area (Å²) in [5.74, 6) is 0. The molecule has 0 saturated carbocycles. The fourth-order valence-electron chi connectivity index (χ4n) is 5.24. The van der Waals surface area contributed by atoms with Crippen molar-refractivity contribution in [3.05, 3.63) is 0 Å². The van der Waals surface area contributed by atoms with Crippen molar-refractivity contribution in [1.82, 2.24) is 0 Å². The van der Waals surface area contributed by atoms with E-state index < -0.39 is 0 Å². The number of unbranched alkanes of at least 4 members (excludes halogenated alkanes) is 18. The molecule has 0 aromatic rings. The van der Waals surface area contributed by atoms with Crippen molar-refractivity contribution in [2.24, 2.45) is 0 Å². The summed E-state index contributed by atoms with van der Waals surface area (Å²) in [6, 6.07) is 0. The molecule has 0 saturated heterocycles. The molecule has 0 aliphatic rings. The zero-order valence-electron chi connectivity index (χ0n) is 28.4. The molecule has 0 aliphatic heterocycles. The molecular formula is C36H78AgP2. The van der Waals surface area contributed by atoms with Crippen LogP contribution < -0.4 is 0 Å². The van der Waals surface area contributed by atoms with E-state index in [4.69, 9.17) is 0 Å². The van der Waals surface area contributed by atoms with Gasteiger partial charge in [0.15, 0.2) is 0 Å². The van der Waals surface area contributed by atoms with E-state index in [-0.39, 0.29) is 22.4 Å². The van der Waals surface area contributed by atoms with Crippen LogP contribution in [0, 0.1) is 0 Å². The Balaban J connectivity index is -0.000000648. The molecule has 243 valence electrons. The van der Waals surface area contributed by atoms with Gasteiger partial charge in [-0.25, -0.2) is 0 Å². The summed E-state index contributed by atoms with van der Waals surface area (Å²) in [7, 11) is 0.779. The number of rotatable bonds is 30. The van der Waals surface area contributed by atoms with Gasteiger partial charge in [-0.05, 0) is 75.5 Å². The van der Waals surface area contributed by atoms with Gasteiger partial charge in [0.1, 0.15) is 0 Å². The summed E-state index contributed by atoms with van der Waals surface area (Å²) in [5.41, 5.74) is 0. The van der Waals surface area contributed by atoms with Crippen molar-refractivity contribution in [2.45, 2.75) is 196 Å². The maximum Gasteiger partial charge on any atom is 0 e. The SMILES string of the molecule is CCCCCCP(CCCCCC)CCCCCC.CCCCCCP(CCCCCC)CCCCCC.[Ag]. The van der Waals surface area contributed by atoms with Crippen LogP contribution in [0.5, 0.6) is 0 Å². The largest absolute Gasteiger partial charge is 0.107 e. The van der Waals surface area contributed by atoms with Gasteiger partial charge in [0.2, 0.25) is 0 Å². The topological polar surface area (TPSA) is 0 Å². The van der Waals surface area contributed by atoms with Crippen molar-refractivity contribution in [1.29, 1.82) is 0 Å². The van der Waals surface area contributed by atoms with Crippen molar-refractivity contribution < 1.29 is 22.4 Å². The minimum atomic E-state index is 0. The smallest absolute Gasteiger partial charge is 0 e. The second-order valence-electron chi connectivity index (χ2n) is 12.0. The van der Waals surface area contributed by atoms with Crippen LogP contribution in [0.1, 0.15) is 196 Å². The standard InChI is InChI=1S/2C18H39P.Ag/c2*1-4-7-10-13-16-19(17-14-11-8-5-2)18-15-12-9-6-3;/h2*4-18H2,1-3H3;. The van der Waals surface area contributed by atoms with E-state index in [1.54, 1.807) is 37.0 Å². The Bertz CT molecular complexity index is 297. The van der Waals surface area contributed by atoms with E-state index in [0.717, 1.165) is 0 Å². The molecule has 0 N–H and O–H groups in total. The molecule has 39 heavy (non-hydrogen) atoms. The summed E-state index contributed by atoms with van der Waals surface area (Å²) in [4.78, 5) is 0. The van der Waals surface area contributed by atoms with E-state index in [2.05, 4.69) is 41.5 Å². The molecule has 0 bridgehead atoms. The third-order valence-electron chi connectivity index (χ3n) is 7.97. The molecule has 3 heteroatoms. The van der Waals surface area contributed by atoms with Gasteiger partial charge in [-0.3, -0.25) is 0 Å². The average Bonchev–Trinajstić information content (AvgIpc) is 2.93. The third-order valence-corrected chi connectivity index (χ3v) is 13.7. The Morgan fingerprint density at radius 2 is 0.385 bits per heavy atom. The predicted molar refractivity (Wildman–Crippen MR) is 188 cm³/mol. The molecule has 1 radical (unpaired) electrons. The second kappa shape index (κ2) is 41.7. The summed E-state index contributed by atoms with van der Waals surface area (Å²) in [6.07, 6.45) is 44.5. The molecule has 0 aromatic heterocycles. The first-order valence-electron chi connectivity index (χ1n) is 18.1. The second-order valence-corrected chi connectivity index (χ2v) is 17.4. The summed E-state index contributed by atoms with van der Waals surface area (Å²) in [5, 5.41) is 0. The van der Waals surface area contributed by atoms with E-state index >= 15 is 0 Å². The molecule has 0 spiro atoms. The van der Waals surface area contributed by atoms with Crippen LogP contribution in [-0.4, -0.2) is 37.0 Å². The van der Waals surface area contributed by atoms with E-state index in [0.29, 0.717) is 15.8 Å². The molecule has 0 heterocycles. The predicted octanol–water partition coefficient (Wildman–Crippen LogP) is 14.4. The fraction of sp³-hybridized carbons (Fsp3) is 1.00. The van der Waals surface area contributed by atoms with Crippen molar-refractivity contribution in [2.75, 3.05) is 37.0 Å². The third kappa shape index (κ3) is 39.6. The Morgan fingerprint density at radius 3 is 0.513 bits per heavy atom. The van der Waals surface area contributed by atoms with E-state index in [9.17, 15) is 0 Å². The van der Waals surface area contributed by atoms with Crippen LogP contribution in [0.15, 0.2) is 0 Å². The minimum absolute atomic E-state index is 0. The molecule has 0 aliphatic carbocycles. The van der Waals surface area contributed by atoms with Crippen molar-refractivity contribution in [3.8, 4) is 0 Å². The summed E-state index contributed by atoms with van der Waals surface area (Å²) >= 11 is 0. The monoisotopic (exact) mass is 679 g/mol. The number of hydrogen-bond acceptors (Lipinski definition) is 0. The Labute approximate surface area is 269 Å². The minimum Gasteiger partial charge on any atom is -0.107 e. The van der Waals surface area contributed by atoms with Gasteiger partial charge in [-0.1, -0.05) is 157 Å². The zero-order chi connectivity index (χ0) is 28.4. The maximum absolute atomic E-state index is 2.32. The van der Waals surface area contributed by atoms with E-state index in [1.807, 2.05) is 0 Å². The zero-order valence-corrected chi connectivity index (χ0v) is 31.7. The first-order valence-corrected chi connectivity index (χ1v) is 21.9. The van der Waals surface area contributed by atoms with Gasteiger partial charge in [0, 0.05) is 22.4 Å². The Hall–Kier alpha value is 1.60. The van der Waals surface area contributed by atoms with Gasteiger partial charge < -0.3 is 0 Å². The quantitative estimate of drug-likeness (QED) is 0.0402. The van der Waals surface area contributed by atoms with Crippen LogP contribution in [0.25, 0.3) is 0 Å². The Morgan fingerprint density at radius 1 is 0.231 bits per heavy atom. The van der Waals surface area contributed by atoms with Crippen molar-refractivity contribution >= 4 is 15.8 Å². The summed E-state index contributed by atoms with van der Waals surface area (Å²) in [6.45, 7) is 13.9. The normalized spacial score (nSPS) is 11.1.